The first-order valence-electron chi connectivity index (χ1n) is 5.51. The first kappa shape index (κ1) is 11.3. The molecule has 0 saturated carbocycles. The summed E-state index contributed by atoms with van der Waals surface area (Å²) in [4.78, 5) is 2.10. The van der Waals surface area contributed by atoms with E-state index in [0.717, 1.165) is 17.9 Å². The second-order valence-electron chi connectivity index (χ2n) is 4.24. The largest absolute Gasteiger partial charge is 0.378 e. The Labute approximate surface area is 102 Å². The molecule has 1 aliphatic carbocycles. The SMILES string of the molecule is CN(C)c1ccc(C2=CC(Cl)=CCC2)cc1. The van der Waals surface area contributed by atoms with E-state index in [0.29, 0.717) is 0 Å². The lowest BCUT2D eigenvalue weighted by molar-refractivity contribution is 1.05. The smallest absolute Gasteiger partial charge is 0.0369 e. The Kier molecular flexibility index (Phi) is 3.35. The molecule has 0 amide bonds. The molecule has 0 atom stereocenters. The zero-order chi connectivity index (χ0) is 11.5. The number of rotatable bonds is 2. The summed E-state index contributed by atoms with van der Waals surface area (Å²) < 4.78 is 0. The summed E-state index contributed by atoms with van der Waals surface area (Å²) in [7, 11) is 4.10. The molecule has 0 aliphatic heterocycles. The molecular weight excluding hydrogens is 218 g/mol. The molecule has 0 N–H and O–H groups in total. The topological polar surface area (TPSA) is 3.24 Å². The van der Waals surface area contributed by atoms with Crippen LogP contribution in [0.5, 0.6) is 0 Å². The van der Waals surface area contributed by atoms with Gasteiger partial charge >= 0.3 is 0 Å². The van der Waals surface area contributed by atoms with Gasteiger partial charge in [0.15, 0.2) is 0 Å². The molecule has 0 radical (unpaired) electrons. The zero-order valence-electron chi connectivity index (χ0n) is 9.70. The lowest BCUT2D eigenvalue weighted by Gasteiger charge is -2.15. The van der Waals surface area contributed by atoms with Crippen LogP contribution < -0.4 is 4.90 Å². The summed E-state index contributed by atoms with van der Waals surface area (Å²) in [5.74, 6) is 0. The Balaban J connectivity index is 2.25. The monoisotopic (exact) mass is 233 g/mol. The molecule has 1 aromatic rings. The Hall–Kier alpha value is -1.21. The third kappa shape index (κ3) is 2.48. The van der Waals surface area contributed by atoms with Crippen LogP contribution in [0.25, 0.3) is 5.57 Å². The van der Waals surface area contributed by atoms with Crippen molar-refractivity contribution in [3.63, 3.8) is 0 Å². The predicted octanol–water partition coefficient (Wildman–Crippen LogP) is 4.05. The lowest BCUT2D eigenvalue weighted by Crippen LogP contribution is -2.08. The number of nitrogens with zero attached hydrogens (tertiary/aromatic N) is 1. The van der Waals surface area contributed by atoms with Crippen molar-refractivity contribution in [2.75, 3.05) is 19.0 Å². The summed E-state index contributed by atoms with van der Waals surface area (Å²) in [5, 5.41) is 0.859. The highest BCUT2D eigenvalue weighted by Gasteiger charge is 2.06. The molecule has 0 saturated heterocycles. The van der Waals surface area contributed by atoms with Crippen molar-refractivity contribution in [3.8, 4) is 0 Å². The van der Waals surface area contributed by atoms with Gasteiger partial charge in [-0.05, 0) is 42.2 Å². The van der Waals surface area contributed by atoms with E-state index in [9.17, 15) is 0 Å². The van der Waals surface area contributed by atoms with Gasteiger partial charge in [-0.2, -0.15) is 0 Å². The minimum Gasteiger partial charge on any atom is -0.378 e. The minimum absolute atomic E-state index is 0.859. The number of hydrogen-bond donors (Lipinski definition) is 0. The van der Waals surface area contributed by atoms with Crippen molar-refractivity contribution in [1.82, 2.24) is 0 Å². The highest BCUT2D eigenvalue weighted by molar-refractivity contribution is 6.31. The molecular formula is C14H16ClN. The normalized spacial score (nSPS) is 15.4. The molecule has 1 aliphatic rings. The quantitative estimate of drug-likeness (QED) is 0.745. The zero-order valence-corrected chi connectivity index (χ0v) is 10.5. The number of halogens is 1. The van der Waals surface area contributed by atoms with Gasteiger partial charge in [0.05, 0.1) is 0 Å². The maximum absolute atomic E-state index is 6.02. The number of allylic oxidation sites excluding steroid dienone is 4. The van der Waals surface area contributed by atoms with E-state index in [4.69, 9.17) is 11.6 Å². The van der Waals surface area contributed by atoms with Gasteiger partial charge in [-0.3, -0.25) is 0 Å². The lowest BCUT2D eigenvalue weighted by atomic mass is 9.97. The summed E-state index contributed by atoms with van der Waals surface area (Å²) in [6.07, 6.45) is 6.26. The van der Waals surface area contributed by atoms with E-state index in [1.54, 1.807) is 0 Å². The highest BCUT2D eigenvalue weighted by Crippen LogP contribution is 2.28. The number of hydrogen-bond acceptors (Lipinski definition) is 1. The van der Waals surface area contributed by atoms with Crippen molar-refractivity contribution < 1.29 is 0 Å². The average Bonchev–Trinajstić information content (AvgIpc) is 2.29. The van der Waals surface area contributed by atoms with E-state index >= 15 is 0 Å². The fourth-order valence-electron chi connectivity index (χ4n) is 1.86. The summed E-state index contributed by atoms with van der Waals surface area (Å²) in [5.41, 5.74) is 3.83. The van der Waals surface area contributed by atoms with Crippen molar-refractivity contribution in [2.24, 2.45) is 0 Å². The molecule has 0 heterocycles. The molecule has 2 rings (SSSR count). The van der Waals surface area contributed by atoms with Crippen molar-refractivity contribution >= 4 is 22.9 Å². The van der Waals surface area contributed by atoms with Gasteiger partial charge in [0.2, 0.25) is 0 Å². The van der Waals surface area contributed by atoms with Crippen LogP contribution in [0.1, 0.15) is 18.4 Å². The molecule has 0 aromatic heterocycles. The van der Waals surface area contributed by atoms with E-state index in [2.05, 4.69) is 55.4 Å². The van der Waals surface area contributed by atoms with Crippen LogP contribution in [0, 0.1) is 0 Å². The minimum atomic E-state index is 0.859. The van der Waals surface area contributed by atoms with Crippen LogP contribution in [0.3, 0.4) is 0 Å². The number of anilines is 1. The van der Waals surface area contributed by atoms with E-state index in [1.807, 2.05) is 0 Å². The molecule has 0 unspecified atom stereocenters. The first-order chi connectivity index (χ1) is 7.66. The van der Waals surface area contributed by atoms with Crippen LogP contribution in [-0.4, -0.2) is 14.1 Å². The Bertz CT molecular complexity index is 427. The highest BCUT2D eigenvalue weighted by atomic mass is 35.5. The molecule has 0 bridgehead atoms. The van der Waals surface area contributed by atoms with E-state index in [-0.39, 0.29) is 0 Å². The summed E-state index contributed by atoms with van der Waals surface area (Å²) in [6, 6.07) is 8.61. The van der Waals surface area contributed by atoms with Crippen molar-refractivity contribution in [3.05, 3.63) is 47.0 Å². The fourth-order valence-corrected chi connectivity index (χ4v) is 2.11. The Morgan fingerprint density at radius 2 is 1.81 bits per heavy atom. The summed E-state index contributed by atoms with van der Waals surface area (Å²) in [6.45, 7) is 0. The van der Waals surface area contributed by atoms with Gasteiger partial charge in [0.25, 0.3) is 0 Å². The average molecular weight is 234 g/mol. The van der Waals surface area contributed by atoms with Crippen molar-refractivity contribution in [1.29, 1.82) is 0 Å². The molecule has 1 nitrogen and oxygen atoms in total. The maximum atomic E-state index is 6.02. The molecule has 84 valence electrons. The molecule has 0 spiro atoms. The molecule has 16 heavy (non-hydrogen) atoms. The second-order valence-corrected chi connectivity index (χ2v) is 4.67. The number of benzene rings is 1. The third-order valence-corrected chi connectivity index (χ3v) is 3.08. The standard InChI is InChI=1S/C14H16ClN/c1-16(2)14-8-6-11(7-9-14)12-4-3-5-13(15)10-12/h5-10H,3-4H2,1-2H3. The second kappa shape index (κ2) is 4.75. The molecule has 1 aromatic carbocycles. The van der Waals surface area contributed by atoms with Gasteiger partial charge in [0.1, 0.15) is 0 Å². The summed E-state index contributed by atoms with van der Waals surface area (Å²) >= 11 is 6.02. The van der Waals surface area contributed by atoms with Crippen LogP contribution in [0.2, 0.25) is 0 Å². The predicted molar refractivity (Wildman–Crippen MR) is 71.9 cm³/mol. The van der Waals surface area contributed by atoms with Crippen LogP contribution in [-0.2, 0) is 0 Å². The van der Waals surface area contributed by atoms with Gasteiger partial charge in [-0.1, -0.05) is 29.8 Å². The Morgan fingerprint density at radius 1 is 1.12 bits per heavy atom. The van der Waals surface area contributed by atoms with Gasteiger partial charge in [-0.15, -0.1) is 0 Å². The van der Waals surface area contributed by atoms with Gasteiger partial charge < -0.3 is 4.90 Å². The fraction of sp³-hybridized carbons (Fsp3) is 0.286. The third-order valence-electron chi connectivity index (χ3n) is 2.82. The van der Waals surface area contributed by atoms with Gasteiger partial charge in [0, 0.05) is 24.8 Å². The first-order valence-corrected chi connectivity index (χ1v) is 5.88. The van der Waals surface area contributed by atoms with Crippen LogP contribution >= 0.6 is 11.6 Å². The maximum Gasteiger partial charge on any atom is 0.0369 e. The van der Waals surface area contributed by atoms with Crippen LogP contribution in [0.4, 0.5) is 5.69 Å². The molecule has 0 fully saturated rings. The Morgan fingerprint density at radius 3 is 2.38 bits per heavy atom. The van der Waals surface area contributed by atoms with Crippen molar-refractivity contribution in [2.45, 2.75) is 12.8 Å². The van der Waals surface area contributed by atoms with Crippen LogP contribution in [0.15, 0.2) is 41.4 Å². The van der Waals surface area contributed by atoms with E-state index < -0.39 is 0 Å². The van der Waals surface area contributed by atoms with Gasteiger partial charge in [-0.25, -0.2) is 0 Å². The molecule has 2 heteroatoms. The van der Waals surface area contributed by atoms with E-state index in [1.165, 1.54) is 16.8 Å².